The topological polar surface area (TPSA) is 58.6 Å². The average Bonchev–Trinajstić information content (AvgIpc) is 2.52. The Hall–Kier alpha value is -2.04. The fourth-order valence-electron chi connectivity index (χ4n) is 2.16. The first-order valence-corrected chi connectivity index (χ1v) is 7.27. The molecule has 0 aliphatic rings. The third kappa shape index (κ3) is 3.59. The number of rotatable bonds is 5. The monoisotopic (exact) mass is 319 g/mol. The standard InChI is InChI=1S/C17H18ClNO3/c1-11-6-3-4-9-14(11)22-10-12-7-5-8-13(18)15(12)16(20)17(21)19-2/h3-9,16,20H,10H2,1-2H3,(H,19,21). The largest absolute Gasteiger partial charge is 0.489 e. The third-order valence-corrected chi connectivity index (χ3v) is 3.72. The highest BCUT2D eigenvalue weighted by Gasteiger charge is 2.22. The molecule has 116 valence electrons. The summed E-state index contributed by atoms with van der Waals surface area (Å²) in [5.74, 6) is 0.244. The molecule has 0 aliphatic heterocycles. The molecule has 2 aromatic carbocycles. The van der Waals surface area contributed by atoms with Gasteiger partial charge in [0.1, 0.15) is 12.4 Å². The number of halogens is 1. The van der Waals surface area contributed by atoms with Crippen molar-refractivity contribution in [3.63, 3.8) is 0 Å². The lowest BCUT2D eigenvalue weighted by atomic mass is 10.0. The molecule has 0 saturated carbocycles. The molecule has 0 radical (unpaired) electrons. The van der Waals surface area contributed by atoms with Crippen LogP contribution >= 0.6 is 11.6 Å². The van der Waals surface area contributed by atoms with E-state index in [1.165, 1.54) is 7.05 Å². The number of nitrogens with one attached hydrogen (secondary N) is 1. The highest BCUT2D eigenvalue weighted by molar-refractivity contribution is 6.31. The van der Waals surface area contributed by atoms with Crippen LogP contribution in [0.3, 0.4) is 0 Å². The Morgan fingerprint density at radius 3 is 2.68 bits per heavy atom. The third-order valence-electron chi connectivity index (χ3n) is 3.39. The van der Waals surface area contributed by atoms with Crippen molar-refractivity contribution in [2.75, 3.05) is 7.05 Å². The second kappa shape index (κ2) is 7.29. The molecular formula is C17H18ClNO3. The lowest BCUT2D eigenvalue weighted by molar-refractivity contribution is -0.129. The molecule has 0 aromatic heterocycles. The molecule has 5 heteroatoms. The van der Waals surface area contributed by atoms with E-state index in [2.05, 4.69) is 5.32 Å². The molecule has 0 saturated heterocycles. The van der Waals surface area contributed by atoms with Gasteiger partial charge in [-0.3, -0.25) is 4.79 Å². The second-order valence-electron chi connectivity index (χ2n) is 4.88. The van der Waals surface area contributed by atoms with Crippen LogP contribution in [0, 0.1) is 6.92 Å². The molecule has 2 N–H and O–H groups in total. The molecule has 0 bridgehead atoms. The van der Waals surface area contributed by atoms with E-state index in [-0.39, 0.29) is 6.61 Å². The second-order valence-corrected chi connectivity index (χ2v) is 5.29. The number of likely N-dealkylation sites (N-methyl/N-ethyl adjacent to an activating group) is 1. The van der Waals surface area contributed by atoms with E-state index < -0.39 is 12.0 Å². The Bertz CT molecular complexity index is 673. The summed E-state index contributed by atoms with van der Waals surface area (Å²) in [7, 11) is 1.46. The number of benzene rings is 2. The van der Waals surface area contributed by atoms with E-state index in [9.17, 15) is 9.90 Å². The van der Waals surface area contributed by atoms with E-state index >= 15 is 0 Å². The number of hydrogen-bond acceptors (Lipinski definition) is 3. The highest BCUT2D eigenvalue weighted by Crippen LogP contribution is 2.28. The molecule has 1 unspecified atom stereocenters. The zero-order valence-electron chi connectivity index (χ0n) is 12.5. The number of hydrogen-bond donors (Lipinski definition) is 2. The van der Waals surface area contributed by atoms with Crippen molar-refractivity contribution < 1.29 is 14.6 Å². The molecule has 0 heterocycles. The number of carbonyl (C=O) groups is 1. The molecule has 4 nitrogen and oxygen atoms in total. The van der Waals surface area contributed by atoms with Crippen molar-refractivity contribution in [1.29, 1.82) is 0 Å². The molecule has 2 aromatic rings. The molecule has 2 rings (SSSR count). The summed E-state index contributed by atoms with van der Waals surface area (Å²) in [6, 6.07) is 12.8. The van der Waals surface area contributed by atoms with E-state index in [4.69, 9.17) is 16.3 Å². The molecule has 22 heavy (non-hydrogen) atoms. The van der Waals surface area contributed by atoms with Crippen molar-refractivity contribution in [3.8, 4) is 5.75 Å². The fraction of sp³-hybridized carbons (Fsp3) is 0.235. The maximum absolute atomic E-state index is 11.7. The minimum Gasteiger partial charge on any atom is -0.489 e. The predicted molar refractivity (Wildman–Crippen MR) is 86.0 cm³/mol. The number of carbonyl (C=O) groups excluding carboxylic acids is 1. The minimum absolute atomic E-state index is 0.217. The zero-order chi connectivity index (χ0) is 16.1. The van der Waals surface area contributed by atoms with Crippen LogP contribution in [0.5, 0.6) is 5.75 Å². The maximum Gasteiger partial charge on any atom is 0.253 e. The molecule has 0 fully saturated rings. The SMILES string of the molecule is CNC(=O)C(O)c1c(Cl)cccc1COc1ccccc1C. The van der Waals surface area contributed by atoms with Crippen LogP contribution in [0.4, 0.5) is 0 Å². The summed E-state index contributed by atoms with van der Waals surface area (Å²) in [5.41, 5.74) is 2.06. The molecular weight excluding hydrogens is 302 g/mol. The number of aryl methyl sites for hydroxylation is 1. The van der Waals surface area contributed by atoms with Gasteiger partial charge >= 0.3 is 0 Å². The van der Waals surface area contributed by atoms with Crippen molar-refractivity contribution in [1.82, 2.24) is 5.32 Å². The Balaban J connectivity index is 2.26. The number of para-hydroxylation sites is 1. The first-order chi connectivity index (χ1) is 10.5. The van der Waals surface area contributed by atoms with E-state index in [0.717, 1.165) is 11.3 Å². The fourth-order valence-corrected chi connectivity index (χ4v) is 2.45. The smallest absolute Gasteiger partial charge is 0.253 e. The van der Waals surface area contributed by atoms with Crippen molar-refractivity contribution in [2.24, 2.45) is 0 Å². The Kier molecular flexibility index (Phi) is 5.41. The Morgan fingerprint density at radius 1 is 1.27 bits per heavy atom. The van der Waals surface area contributed by atoms with Crippen LogP contribution in [-0.2, 0) is 11.4 Å². The van der Waals surface area contributed by atoms with E-state index in [1.54, 1.807) is 18.2 Å². The van der Waals surface area contributed by atoms with Gasteiger partial charge in [0.15, 0.2) is 6.10 Å². The van der Waals surface area contributed by atoms with Gasteiger partial charge in [-0.1, -0.05) is 41.9 Å². The number of aliphatic hydroxyl groups is 1. The summed E-state index contributed by atoms with van der Waals surface area (Å²) in [4.78, 5) is 11.7. The number of ether oxygens (including phenoxy) is 1. The van der Waals surface area contributed by atoms with Crippen LogP contribution in [0.15, 0.2) is 42.5 Å². The summed E-state index contributed by atoms with van der Waals surface area (Å²) in [6.07, 6.45) is -1.32. The van der Waals surface area contributed by atoms with Gasteiger partial charge in [-0.2, -0.15) is 0 Å². The lowest BCUT2D eigenvalue weighted by Crippen LogP contribution is -2.26. The summed E-state index contributed by atoms with van der Waals surface area (Å²) >= 11 is 6.14. The molecule has 0 aliphatic carbocycles. The van der Waals surface area contributed by atoms with Crippen molar-refractivity contribution in [2.45, 2.75) is 19.6 Å². The first-order valence-electron chi connectivity index (χ1n) is 6.90. The number of aliphatic hydroxyl groups excluding tert-OH is 1. The van der Waals surface area contributed by atoms with E-state index in [0.29, 0.717) is 16.1 Å². The lowest BCUT2D eigenvalue weighted by Gasteiger charge is -2.17. The minimum atomic E-state index is -1.32. The Labute approximate surface area is 134 Å². The van der Waals surface area contributed by atoms with Gasteiger partial charge in [0, 0.05) is 17.6 Å². The van der Waals surface area contributed by atoms with E-state index in [1.807, 2.05) is 31.2 Å². The average molecular weight is 320 g/mol. The predicted octanol–water partition coefficient (Wildman–Crippen LogP) is 3.01. The molecule has 1 atom stereocenters. The van der Waals surface area contributed by atoms with Gasteiger partial charge in [-0.05, 0) is 30.2 Å². The van der Waals surface area contributed by atoms with Gasteiger partial charge in [-0.15, -0.1) is 0 Å². The quantitative estimate of drug-likeness (QED) is 0.890. The highest BCUT2D eigenvalue weighted by atomic mass is 35.5. The summed E-state index contributed by atoms with van der Waals surface area (Å²) < 4.78 is 5.78. The van der Waals surface area contributed by atoms with Crippen molar-refractivity contribution in [3.05, 3.63) is 64.2 Å². The van der Waals surface area contributed by atoms with Crippen LogP contribution in [0.25, 0.3) is 0 Å². The zero-order valence-corrected chi connectivity index (χ0v) is 13.2. The van der Waals surface area contributed by atoms with Crippen LogP contribution in [-0.4, -0.2) is 18.1 Å². The summed E-state index contributed by atoms with van der Waals surface area (Å²) in [5, 5.41) is 12.9. The molecule has 1 amide bonds. The van der Waals surface area contributed by atoms with Gasteiger partial charge < -0.3 is 15.2 Å². The first kappa shape index (κ1) is 16.3. The van der Waals surface area contributed by atoms with Gasteiger partial charge in [0.25, 0.3) is 5.91 Å². The maximum atomic E-state index is 11.7. The van der Waals surface area contributed by atoms with Gasteiger partial charge in [-0.25, -0.2) is 0 Å². The normalized spacial score (nSPS) is 11.8. The summed E-state index contributed by atoms with van der Waals surface area (Å²) in [6.45, 7) is 2.17. The van der Waals surface area contributed by atoms with Crippen LogP contribution in [0.1, 0.15) is 22.8 Å². The van der Waals surface area contributed by atoms with Gasteiger partial charge in [0.2, 0.25) is 0 Å². The Morgan fingerprint density at radius 2 is 2.00 bits per heavy atom. The van der Waals surface area contributed by atoms with Crippen molar-refractivity contribution >= 4 is 17.5 Å². The van der Waals surface area contributed by atoms with Crippen LogP contribution < -0.4 is 10.1 Å². The van der Waals surface area contributed by atoms with Gasteiger partial charge in [0.05, 0.1) is 0 Å². The van der Waals surface area contributed by atoms with Crippen LogP contribution in [0.2, 0.25) is 5.02 Å². The number of amides is 1. The molecule has 0 spiro atoms.